The summed E-state index contributed by atoms with van der Waals surface area (Å²) in [6.45, 7) is 11.3. The highest BCUT2D eigenvalue weighted by molar-refractivity contribution is 5.71. The fourth-order valence-corrected chi connectivity index (χ4v) is 7.78. The van der Waals surface area contributed by atoms with Gasteiger partial charge in [0.1, 0.15) is 13.2 Å². The van der Waals surface area contributed by atoms with E-state index in [2.05, 4.69) is 34.6 Å². The first-order valence-corrected chi connectivity index (χ1v) is 25.8. The second kappa shape index (κ2) is 44.9. The van der Waals surface area contributed by atoms with Gasteiger partial charge in [0.05, 0.1) is 0 Å². The molecule has 0 rings (SSSR count). The van der Waals surface area contributed by atoms with Crippen molar-refractivity contribution >= 4 is 17.9 Å². The highest BCUT2D eigenvalue weighted by Crippen LogP contribution is 2.18. The first-order chi connectivity index (χ1) is 28.3. The Kier molecular flexibility index (Phi) is 43.7. The van der Waals surface area contributed by atoms with Gasteiger partial charge in [-0.3, -0.25) is 14.4 Å². The average molecular weight is 821 g/mol. The maximum Gasteiger partial charge on any atom is 0.306 e. The molecule has 0 spiro atoms. The highest BCUT2D eigenvalue weighted by atomic mass is 16.6. The first kappa shape index (κ1) is 56.4. The van der Waals surface area contributed by atoms with Crippen LogP contribution in [0.4, 0.5) is 0 Å². The van der Waals surface area contributed by atoms with Crippen molar-refractivity contribution in [3.63, 3.8) is 0 Å². The van der Waals surface area contributed by atoms with Gasteiger partial charge in [-0.05, 0) is 31.1 Å². The van der Waals surface area contributed by atoms with E-state index >= 15 is 0 Å². The summed E-state index contributed by atoms with van der Waals surface area (Å²) < 4.78 is 16.7. The number of carbonyl (C=O) groups is 3. The van der Waals surface area contributed by atoms with E-state index < -0.39 is 6.10 Å². The molecule has 0 radical (unpaired) electrons. The summed E-state index contributed by atoms with van der Waals surface area (Å²) in [4.78, 5) is 37.7. The largest absolute Gasteiger partial charge is 0.462 e. The van der Waals surface area contributed by atoms with Crippen LogP contribution in [0.5, 0.6) is 0 Å². The van der Waals surface area contributed by atoms with Crippen LogP contribution >= 0.6 is 0 Å². The van der Waals surface area contributed by atoms with Crippen LogP contribution in [0.3, 0.4) is 0 Å². The molecule has 0 amide bonds. The fourth-order valence-electron chi connectivity index (χ4n) is 7.78. The third-order valence-electron chi connectivity index (χ3n) is 12.1. The van der Waals surface area contributed by atoms with Gasteiger partial charge in [-0.2, -0.15) is 0 Å². The predicted molar refractivity (Wildman–Crippen MR) is 247 cm³/mol. The second-order valence-electron chi connectivity index (χ2n) is 18.5. The second-order valence-corrected chi connectivity index (χ2v) is 18.5. The molecule has 0 N–H and O–H groups in total. The summed E-state index contributed by atoms with van der Waals surface area (Å²) in [5.41, 5.74) is 0. The molecule has 1 unspecified atom stereocenters. The minimum Gasteiger partial charge on any atom is -0.462 e. The van der Waals surface area contributed by atoms with Gasteiger partial charge < -0.3 is 14.2 Å². The zero-order valence-electron chi connectivity index (χ0n) is 39.7. The number of unbranched alkanes of at least 4 members (excludes halogenated alkanes) is 30. The van der Waals surface area contributed by atoms with E-state index in [4.69, 9.17) is 14.2 Å². The normalized spacial score (nSPS) is 12.5. The zero-order chi connectivity index (χ0) is 42.6. The van der Waals surface area contributed by atoms with Crippen molar-refractivity contribution in [2.45, 2.75) is 291 Å². The van der Waals surface area contributed by atoms with Crippen molar-refractivity contribution in [1.29, 1.82) is 0 Å². The molecule has 6 heteroatoms. The highest BCUT2D eigenvalue weighted by Gasteiger charge is 2.19. The Morgan fingerprint density at radius 3 is 0.983 bits per heavy atom. The summed E-state index contributed by atoms with van der Waals surface area (Å²) in [6, 6.07) is 0. The average Bonchev–Trinajstić information content (AvgIpc) is 3.21. The van der Waals surface area contributed by atoms with Gasteiger partial charge in [0.15, 0.2) is 6.10 Å². The van der Waals surface area contributed by atoms with Gasteiger partial charge in [0, 0.05) is 19.3 Å². The molecule has 0 aliphatic heterocycles. The van der Waals surface area contributed by atoms with Crippen LogP contribution in [0.25, 0.3) is 0 Å². The lowest BCUT2D eigenvalue weighted by Crippen LogP contribution is -2.30. The molecule has 0 aliphatic carbocycles. The fraction of sp³-hybridized carbons (Fsp3) is 0.942. The van der Waals surface area contributed by atoms with E-state index in [-0.39, 0.29) is 31.1 Å². The van der Waals surface area contributed by atoms with Crippen molar-refractivity contribution in [2.75, 3.05) is 13.2 Å². The molecule has 2 atom stereocenters. The van der Waals surface area contributed by atoms with Gasteiger partial charge in [0.2, 0.25) is 0 Å². The SMILES string of the molecule is CCCCCCCCCCCC(=O)OC[C@H](COC(=O)CCCCCCCCC(C)C)OC(=O)CCCCCCCCCCCCCCCCCCCCC(C)CC. The molecule has 344 valence electrons. The van der Waals surface area contributed by atoms with Crippen LogP contribution in [0.1, 0.15) is 285 Å². The van der Waals surface area contributed by atoms with Gasteiger partial charge in [-0.1, -0.05) is 247 Å². The molecule has 0 bridgehead atoms. The monoisotopic (exact) mass is 821 g/mol. The van der Waals surface area contributed by atoms with Crippen molar-refractivity contribution in [2.24, 2.45) is 11.8 Å². The molecule has 0 aromatic heterocycles. The quantitative estimate of drug-likeness (QED) is 0.0346. The third-order valence-corrected chi connectivity index (χ3v) is 12.1. The molecule has 0 saturated heterocycles. The Bertz CT molecular complexity index is 887. The van der Waals surface area contributed by atoms with E-state index in [1.807, 2.05) is 0 Å². The molecule has 0 aliphatic rings. The molecular formula is C52H100O6. The maximum absolute atomic E-state index is 12.8. The Labute approximate surface area is 361 Å². The smallest absolute Gasteiger partial charge is 0.306 e. The lowest BCUT2D eigenvalue weighted by Gasteiger charge is -2.18. The molecule has 0 aromatic carbocycles. The van der Waals surface area contributed by atoms with Gasteiger partial charge in [-0.15, -0.1) is 0 Å². The van der Waals surface area contributed by atoms with Crippen LogP contribution in [0.15, 0.2) is 0 Å². The lowest BCUT2D eigenvalue weighted by atomic mass is 9.99. The topological polar surface area (TPSA) is 78.9 Å². The predicted octanol–water partition coefficient (Wildman–Crippen LogP) is 16.5. The van der Waals surface area contributed by atoms with Crippen LogP contribution < -0.4 is 0 Å². The summed E-state index contributed by atoms with van der Waals surface area (Å²) >= 11 is 0. The third kappa shape index (κ3) is 44.0. The summed E-state index contributed by atoms with van der Waals surface area (Å²) in [5.74, 6) is 0.815. The van der Waals surface area contributed by atoms with Crippen LogP contribution in [0.2, 0.25) is 0 Å². The zero-order valence-corrected chi connectivity index (χ0v) is 39.7. The molecule has 6 nitrogen and oxygen atoms in total. The Morgan fingerprint density at radius 1 is 0.362 bits per heavy atom. The van der Waals surface area contributed by atoms with Gasteiger partial charge in [0.25, 0.3) is 0 Å². The van der Waals surface area contributed by atoms with E-state index in [9.17, 15) is 14.4 Å². The number of ether oxygens (including phenoxy) is 3. The Balaban J connectivity index is 4.15. The molecule has 0 heterocycles. The van der Waals surface area contributed by atoms with Gasteiger partial charge >= 0.3 is 17.9 Å². The Hall–Kier alpha value is -1.59. The summed E-state index contributed by atoms with van der Waals surface area (Å²) in [5, 5.41) is 0. The molecular weight excluding hydrogens is 721 g/mol. The Morgan fingerprint density at radius 2 is 0.655 bits per heavy atom. The molecule has 0 aromatic rings. The summed E-state index contributed by atoms with van der Waals surface area (Å²) in [7, 11) is 0. The standard InChI is InChI=1S/C52H100O6/c1-6-8-9-10-11-22-26-32-37-42-50(53)56-45-49(46-57-51(54)43-38-33-29-28-30-35-40-47(3)4)58-52(55)44-39-34-27-24-21-19-17-15-13-12-14-16-18-20-23-25-31-36-41-48(5)7-2/h47-49H,6-46H2,1-5H3/t48?,49-/m1/s1. The van der Waals surface area contributed by atoms with Crippen molar-refractivity contribution in [1.82, 2.24) is 0 Å². The molecule has 58 heavy (non-hydrogen) atoms. The van der Waals surface area contributed by atoms with E-state index in [0.717, 1.165) is 69.6 Å². The number of esters is 3. The number of rotatable bonds is 46. The number of hydrogen-bond acceptors (Lipinski definition) is 6. The first-order valence-electron chi connectivity index (χ1n) is 25.8. The molecule has 0 saturated carbocycles. The molecule has 0 fully saturated rings. The van der Waals surface area contributed by atoms with Gasteiger partial charge in [-0.25, -0.2) is 0 Å². The van der Waals surface area contributed by atoms with E-state index in [1.165, 1.54) is 173 Å². The van der Waals surface area contributed by atoms with E-state index in [0.29, 0.717) is 19.3 Å². The minimum atomic E-state index is -0.761. The van der Waals surface area contributed by atoms with Crippen molar-refractivity contribution in [3.05, 3.63) is 0 Å². The minimum absolute atomic E-state index is 0.0650. The number of carbonyl (C=O) groups excluding carboxylic acids is 3. The van der Waals surface area contributed by atoms with Crippen LogP contribution in [-0.2, 0) is 28.6 Å². The summed E-state index contributed by atoms with van der Waals surface area (Å²) in [6.07, 6.45) is 45.4. The van der Waals surface area contributed by atoms with Crippen molar-refractivity contribution < 1.29 is 28.6 Å². The number of hydrogen-bond donors (Lipinski definition) is 0. The van der Waals surface area contributed by atoms with Crippen LogP contribution in [0, 0.1) is 11.8 Å². The van der Waals surface area contributed by atoms with Crippen LogP contribution in [-0.4, -0.2) is 37.2 Å². The maximum atomic E-state index is 12.8. The lowest BCUT2D eigenvalue weighted by molar-refractivity contribution is -0.167. The van der Waals surface area contributed by atoms with E-state index in [1.54, 1.807) is 0 Å². The van der Waals surface area contributed by atoms with Crippen molar-refractivity contribution in [3.8, 4) is 0 Å².